The molecule has 4 aromatic carbocycles. The highest BCUT2D eigenvalue weighted by Gasteiger charge is 2.18. The van der Waals surface area contributed by atoms with Crippen LogP contribution in [0.2, 0.25) is 0 Å². The molecule has 0 N–H and O–H groups in total. The quantitative estimate of drug-likeness (QED) is 0.211. The summed E-state index contributed by atoms with van der Waals surface area (Å²) in [4.78, 5) is 5.06. The number of hydrogen-bond acceptors (Lipinski definition) is 2. The van der Waals surface area contributed by atoms with Gasteiger partial charge in [0.05, 0.1) is 22.1 Å². The summed E-state index contributed by atoms with van der Waals surface area (Å²) >= 11 is 1.80. The van der Waals surface area contributed by atoms with Gasteiger partial charge in [0.1, 0.15) is 5.82 Å². The average Bonchev–Trinajstić information content (AvgIpc) is 3.65. The third-order valence-electron chi connectivity index (χ3n) is 7.17. The Morgan fingerprint density at radius 1 is 0.784 bits per heavy atom. The number of rotatable bonds is 6. The summed E-state index contributed by atoms with van der Waals surface area (Å²) in [7, 11) is 0. The van der Waals surface area contributed by atoms with Gasteiger partial charge < -0.3 is 4.57 Å². The molecule has 7 aromatic rings. The van der Waals surface area contributed by atoms with Crippen LogP contribution in [0.5, 0.6) is 0 Å². The minimum Gasteiger partial charge on any atom is -0.316 e. The molecule has 178 valence electrons. The van der Waals surface area contributed by atoms with E-state index in [0.29, 0.717) is 0 Å². The van der Waals surface area contributed by atoms with E-state index in [1.165, 1.54) is 31.9 Å². The zero-order valence-electron chi connectivity index (χ0n) is 20.3. The van der Waals surface area contributed by atoms with E-state index in [1.54, 1.807) is 11.3 Å². The lowest BCUT2D eigenvalue weighted by atomic mass is 10.0. The molecule has 4 heteroatoms. The maximum absolute atomic E-state index is 5.06. The lowest BCUT2D eigenvalue weighted by Crippen LogP contribution is -2.05. The van der Waals surface area contributed by atoms with Gasteiger partial charge in [-0.1, -0.05) is 60.7 Å². The first-order chi connectivity index (χ1) is 18.3. The third-order valence-corrected chi connectivity index (χ3v) is 8.05. The van der Waals surface area contributed by atoms with E-state index >= 15 is 0 Å². The van der Waals surface area contributed by atoms with E-state index < -0.39 is 0 Å². The first kappa shape index (κ1) is 21.8. The molecule has 0 bridgehead atoms. The number of benzene rings is 4. The predicted octanol–water partition coefficient (Wildman–Crippen LogP) is 9.18. The fraction of sp³-hybridized carbons (Fsp3) is 0.0606. The summed E-state index contributed by atoms with van der Waals surface area (Å²) in [5.74, 6) is 1.08. The molecule has 0 amide bonds. The smallest absolute Gasteiger partial charge is 0.121 e. The molecule has 0 fully saturated rings. The van der Waals surface area contributed by atoms with Gasteiger partial charge in [-0.3, -0.25) is 4.57 Å². The van der Waals surface area contributed by atoms with Crippen molar-refractivity contribution < 1.29 is 0 Å². The number of fused-ring (bicyclic) bond motifs is 6. The Labute approximate surface area is 219 Å². The molecule has 0 aliphatic rings. The fourth-order valence-electron chi connectivity index (χ4n) is 5.46. The first-order valence-corrected chi connectivity index (χ1v) is 13.4. The van der Waals surface area contributed by atoms with Gasteiger partial charge in [-0.15, -0.1) is 17.9 Å². The number of thiophene rings is 1. The van der Waals surface area contributed by atoms with Gasteiger partial charge in [0.2, 0.25) is 0 Å². The van der Waals surface area contributed by atoms with Crippen molar-refractivity contribution >= 4 is 60.5 Å². The number of imidazole rings is 1. The monoisotopic (exact) mass is 495 g/mol. The Morgan fingerprint density at radius 3 is 2.43 bits per heavy atom. The zero-order valence-corrected chi connectivity index (χ0v) is 21.1. The van der Waals surface area contributed by atoms with Crippen molar-refractivity contribution in [3.8, 4) is 5.69 Å². The first-order valence-electron chi connectivity index (χ1n) is 12.5. The zero-order chi connectivity index (χ0) is 24.8. The van der Waals surface area contributed by atoms with Crippen LogP contribution in [0.15, 0.2) is 121 Å². The SMILES string of the molecule is C=CC(CC=Cn1c2ccccc2c2c3ccsc3ccc21)c1nc2ccccc2n1-c1ccccc1. The van der Waals surface area contributed by atoms with Crippen LogP contribution in [0.25, 0.3) is 54.8 Å². The minimum absolute atomic E-state index is 0.0699. The van der Waals surface area contributed by atoms with E-state index in [9.17, 15) is 0 Å². The maximum atomic E-state index is 5.06. The van der Waals surface area contributed by atoms with Crippen LogP contribution in [0.4, 0.5) is 0 Å². The molecule has 1 atom stereocenters. The van der Waals surface area contributed by atoms with E-state index in [4.69, 9.17) is 4.98 Å². The van der Waals surface area contributed by atoms with Crippen molar-refractivity contribution in [3.05, 3.63) is 127 Å². The number of nitrogens with zero attached hydrogens (tertiary/aromatic N) is 3. The Kier molecular flexibility index (Phi) is 5.26. The van der Waals surface area contributed by atoms with Gasteiger partial charge in [0.25, 0.3) is 0 Å². The van der Waals surface area contributed by atoms with Crippen molar-refractivity contribution in [1.82, 2.24) is 14.1 Å². The standard InChI is InChI=1S/C33H25N3S/c1-2-23(33-34-27-15-7-9-17-29(27)36(33)24-12-4-3-5-13-24)11-10-21-35-28-16-8-6-14-25(28)32-26-20-22-37-31(26)19-18-30(32)35/h2-10,12-23H,1,11H2. The van der Waals surface area contributed by atoms with Crippen molar-refractivity contribution in [3.63, 3.8) is 0 Å². The highest BCUT2D eigenvalue weighted by Crippen LogP contribution is 2.37. The van der Waals surface area contributed by atoms with E-state index in [0.717, 1.165) is 29.0 Å². The van der Waals surface area contributed by atoms with Crippen LogP contribution in [0, 0.1) is 0 Å². The van der Waals surface area contributed by atoms with Crippen LogP contribution >= 0.6 is 11.3 Å². The maximum Gasteiger partial charge on any atom is 0.121 e. The van der Waals surface area contributed by atoms with Crippen LogP contribution < -0.4 is 0 Å². The third kappa shape index (κ3) is 3.52. The van der Waals surface area contributed by atoms with Crippen molar-refractivity contribution in [2.75, 3.05) is 0 Å². The number of aromatic nitrogens is 3. The van der Waals surface area contributed by atoms with Gasteiger partial charge in [-0.25, -0.2) is 4.98 Å². The summed E-state index contributed by atoms with van der Waals surface area (Å²) in [6, 6.07) is 34.2. The topological polar surface area (TPSA) is 22.8 Å². The van der Waals surface area contributed by atoms with Crippen LogP contribution in [0.1, 0.15) is 18.2 Å². The Hall–Kier alpha value is -4.41. The van der Waals surface area contributed by atoms with E-state index in [2.05, 4.69) is 118 Å². The van der Waals surface area contributed by atoms with Gasteiger partial charge in [0.15, 0.2) is 0 Å². The van der Waals surface area contributed by atoms with Crippen molar-refractivity contribution in [1.29, 1.82) is 0 Å². The molecule has 3 aromatic heterocycles. The molecule has 0 spiro atoms. The second-order valence-corrected chi connectivity index (χ2v) is 10.2. The molecule has 0 saturated heterocycles. The van der Waals surface area contributed by atoms with Gasteiger partial charge >= 0.3 is 0 Å². The average molecular weight is 496 g/mol. The fourth-order valence-corrected chi connectivity index (χ4v) is 6.26. The van der Waals surface area contributed by atoms with Crippen LogP contribution in [-0.4, -0.2) is 14.1 Å². The van der Waals surface area contributed by atoms with Gasteiger partial charge in [-0.2, -0.15) is 0 Å². The molecule has 7 rings (SSSR count). The lowest BCUT2D eigenvalue weighted by Gasteiger charge is -2.14. The summed E-state index contributed by atoms with van der Waals surface area (Å²) in [5.41, 5.74) is 5.68. The van der Waals surface area contributed by atoms with E-state index in [-0.39, 0.29) is 5.92 Å². The highest BCUT2D eigenvalue weighted by molar-refractivity contribution is 7.17. The molecular weight excluding hydrogens is 470 g/mol. The van der Waals surface area contributed by atoms with Gasteiger partial charge in [0, 0.05) is 38.7 Å². The molecule has 0 radical (unpaired) electrons. The van der Waals surface area contributed by atoms with Crippen LogP contribution in [0.3, 0.4) is 0 Å². The number of para-hydroxylation sites is 4. The Bertz CT molecular complexity index is 1930. The second-order valence-electron chi connectivity index (χ2n) is 9.27. The molecule has 3 nitrogen and oxygen atoms in total. The normalized spacial score (nSPS) is 12.9. The largest absolute Gasteiger partial charge is 0.316 e. The van der Waals surface area contributed by atoms with Gasteiger partial charge in [-0.05, 0) is 60.3 Å². The molecule has 37 heavy (non-hydrogen) atoms. The molecular formula is C33H25N3S. The Morgan fingerprint density at radius 2 is 1.57 bits per heavy atom. The molecule has 0 saturated carbocycles. The minimum atomic E-state index is 0.0699. The second kappa shape index (κ2) is 8.91. The Balaban J connectivity index is 1.32. The molecule has 0 aliphatic carbocycles. The summed E-state index contributed by atoms with van der Waals surface area (Å²) in [6.45, 7) is 4.19. The number of allylic oxidation sites excluding steroid dienone is 2. The molecule has 3 heterocycles. The summed E-state index contributed by atoms with van der Waals surface area (Å²) in [5, 5.41) is 6.12. The number of hydrogen-bond donors (Lipinski definition) is 0. The van der Waals surface area contributed by atoms with Crippen molar-refractivity contribution in [2.24, 2.45) is 0 Å². The lowest BCUT2D eigenvalue weighted by molar-refractivity contribution is 0.766. The highest BCUT2D eigenvalue weighted by atomic mass is 32.1. The van der Waals surface area contributed by atoms with Crippen LogP contribution in [-0.2, 0) is 0 Å². The summed E-state index contributed by atoms with van der Waals surface area (Å²) in [6.07, 6.45) is 7.29. The molecule has 0 aliphatic heterocycles. The predicted molar refractivity (Wildman–Crippen MR) is 159 cm³/mol. The van der Waals surface area contributed by atoms with E-state index in [1.807, 2.05) is 18.2 Å². The molecule has 1 unspecified atom stereocenters. The van der Waals surface area contributed by atoms with Crippen molar-refractivity contribution in [2.45, 2.75) is 12.3 Å². The summed E-state index contributed by atoms with van der Waals surface area (Å²) < 4.78 is 5.91.